The first-order valence-electron chi connectivity index (χ1n) is 6.66. The van der Waals surface area contributed by atoms with E-state index in [-0.39, 0.29) is 26.4 Å². The van der Waals surface area contributed by atoms with Crippen molar-refractivity contribution in [3.8, 4) is 0 Å². The highest BCUT2D eigenvalue weighted by Crippen LogP contribution is 1.96. The average Bonchev–Trinajstić information content (AvgIpc) is 2.38. The van der Waals surface area contributed by atoms with Crippen molar-refractivity contribution in [2.75, 3.05) is 65.7 Å². The van der Waals surface area contributed by atoms with Crippen molar-refractivity contribution in [3.63, 3.8) is 0 Å². The summed E-state index contributed by atoms with van der Waals surface area (Å²) >= 11 is 0. The highest BCUT2D eigenvalue weighted by molar-refractivity contribution is 4.63. The number of hydrogen-bond acceptors (Lipinski definition) is 6. The maximum absolute atomic E-state index is 8.91. The lowest BCUT2D eigenvalue weighted by Gasteiger charge is -2.26. The van der Waals surface area contributed by atoms with Crippen LogP contribution in [-0.4, -0.2) is 95.9 Å². The van der Waals surface area contributed by atoms with Crippen LogP contribution < -0.4 is 0 Å². The lowest BCUT2D eigenvalue weighted by atomic mass is 10.3. The lowest BCUT2D eigenvalue weighted by Crippen LogP contribution is -2.39. The highest BCUT2D eigenvalue weighted by atomic mass is 16.3. The second kappa shape index (κ2) is 13.2. The lowest BCUT2D eigenvalue weighted by molar-refractivity contribution is 0.135. The van der Waals surface area contributed by atoms with Gasteiger partial charge in [-0.2, -0.15) is 0 Å². The largest absolute Gasteiger partial charge is 0.396 e. The molecule has 0 rings (SSSR count). The molecule has 18 heavy (non-hydrogen) atoms. The van der Waals surface area contributed by atoms with Crippen LogP contribution in [0.3, 0.4) is 0 Å². The second-order valence-electron chi connectivity index (χ2n) is 4.28. The maximum atomic E-state index is 8.91. The van der Waals surface area contributed by atoms with Crippen LogP contribution in [0.5, 0.6) is 0 Å². The second-order valence-corrected chi connectivity index (χ2v) is 4.28. The van der Waals surface area contributed by atoms with Gasteiger partial charge in [0.25, 0.3) is 0 Å². The zero-order chi connectivity index (χ0) is 13.6. The molecule has 0 atom stereocenters. The van der Waals surface area contributed by atoms with Gasteiger partial charge in [0, 0.05) is 52.5 Å². The zero-order valence-electron chi connectivity index (χ0n) is 11.2. The van der Waals surface area contributed by atoms with Crippen LogP contribution in [0.4, 0.5) is 0 Å². The summed E-state index contributed by atoms with van der Waals surface area (Å²) in [7, 11) is 0. The molecule has 0 unspecified atom stereocenters. The summed E-state index contributed by atoms with van der Waals surface area (Å²) in [5.74, 6) is 0. The molecule has 110 valence electrons. The molecule has 0 aromatic rings. The highest BCUT2D eigenvalue weighted by Gasteiger charge is 2.08. The van der Waals surface area contributed by atoms with Gasteiger partial charge in [0.05, 0.1) is 13.2 Å². The van der Waals surface area contributed by atoms with Gasteiger partial charge in [-0.05, 0) is 12.8 Å². The summed E-state index contributed by atoms with van der Waals surface area (Å²) in [6.45, 7) is 4.87. The van der Waals surface area contributed by atoms with Crippen molar-refractivity contribution >= 4 is 0 Å². The van der Waals surface area contributed by atoms with Gasteiger partial charge < -0.3 is 25.3 Å². The molecule has 0 saturated carbocycles. The molecule has 0 aliphatic heterocycles. The molecule has 0 spiro atoms. The quantitative estimate of drug-likeness (QED) is 0.318. The Bertz CT molecular complexity index is 158. The first-order chi connectivity index (χ1) is 8.78. The topological polar surface area (TPSA) is 87.4 Å². The molecule has 0 amide bonds. The Labute approximate surface area is 109 Å². The molecule has 4 N–H and O–H groups in total. The third-order valence-corrected chi connectivity index (χ3v) is 2.83. The van der Waals surface area contributed by atoms with E-state index in [2.05, 4.69) is 4.90 Å². The number of aliphatic hydroxyl groups excluding tert-OH is 4. The van der Waals surface area contributed by atoms with Gasteiger partial charge in [0.1, 0.15) is 0 Å². The van der Waals surface area contributed by atoms with E-state index in [0.29, 0.717) is 13.1 Å². The van der Waals surface area contributed by atoms with Gasteiger partial charge >= 0.3 is 0 Å². The fourth-order valence-electron chi connectivity index (χ4n) is 1.83. The Kier molecular flexibility index (Phi) is 13.0. The molecule has 6 heteroatoms. The fourth-order valence-corrected chi connectivity index (χ4v) is 1.83. The molecule has 0 aliphatic carbocycles. The van der Waals surface area contributed by atoms with Crippen LogP contribution in [0.1, 0.15) is 12.8 Å². The van der Waals surface area contributed by atoms with Crippen LogP contribution in [-0.2, 0) is 0 Å². The van der Waals surface area contributed by atoms with Gasteiger partial charge in [0.15, 0.2) is 0 Å². The van der Waals surface area contributed by atoms with E-state index in [9.17, 15) is 0 Å². The minimum absolute atomic E-state index is 0.0906. The zero-order valence-corrected chi connectivity index (χ0v) is 11.2. The summed E-state index contributed by atoms with van der Waals surface area (Å²) in [6, 6.07) is 0. The molecule has 0 saturated heterocycles. The Balaban J connectivity index is 3.94. The Morgan fingerprint density at radius 2 is 0.833 bits per heavy atom. The summed E-state index contributed by atoms with van der Waals surface area (Å²) < 4.78 is 0. The van der Waals surface area contributed by atoms with Gasteiger partial charge in [-0.15, -0.1) is 0 Å². The van der Waals surface area contributed by atoms with E-state index in [1.807, 2.05) is 4.90 Å². The molecular formula is C12H28N2O4. The molecule has 0 fully saturated rings. The Morgan fingerprint density at radius 1 is 0.444 bits per heavy atom. The Hall–Kier alpha value is -0.240. The molecule has 6 nitrogen and oxygen atoms in total. The standard InChI is InChI=1S/C12H28N2O4/c15-9-1-3-13(4-2-10-16)5-6-14(7-11-17)8-12-18/h15-18H,1-12H2. The van der Waals surface area contributed by atoms with Gasteiger partial charge in [-0.25, -0.2) is 0 Å². The van der Waals surface area contributed by atoms with Crippen molar-refractivity contribution in [2.45, 2.75) is 12.8 Å². The third-order valence-electron chi connectivity index (χ3n) is 2.83. The van der Waals surface area contributed by atoms with Gasteiger partial charge in [-0.3, -0.25) is 4.90 Å². The van der Waals surface area contributed by atoms with E-state index < -0.39 is 0 Å². The normalized spacial score (nSPS) is 11.7. The van der Waals surface area contributed by atoms with E-state index in [0.717, 1.165) is 39.0 Å². The maximum Gasteiger partial charge on any atom is 0.0558 e. The van der Waals surface area contributed by atoms with Crippen molar-refractivity contribution in [1.82, 2.24) is 9.80 Å². The molecular weight excluding hydrogens is 236 g/mol. The van der Waals surface area contributed by atoms with E-state index in [4.69, 9.17) is 20.4 Å². The van der Waals surface area contributed by atoms with E-state index in [1.165, 1.54) is 0 Å². The molecule has 0 aromatic carbocycles. The summed E-state index contributed by atoms with van der Waals surface area (Å²) in [5.41, 5.74) is 0. The van der Waals surface area contributed by atoms with Crippen LogP contribution in [0.25, 0.3) is 0 Å². The van der Waals surface area contributed by atoms with E-state index in [1.54, 1.807) is 0 Å². The predicted octanol–water partition coefficient (Wildman–Crippen LogP) is -1.66. The molecule has 0 heterocycles. The van der Waals surface area contributed by atoms with Crippen molar-refractivity contribution in [2.24, 2.45) is 0 Å². The number of rotatable bonds is 13. The minimum Gasteiger partial charge on any atom is -0.396 e. The fraction of sp³-hybridized carbons (Fsp3) is 1.00. The first-order valence-corrected chi connectivity index (χ1v) is 6.66. The first kappa shape index (κ1) is 17.8. The molecule has 0 aromatic heterocycles. The van der Waals surface area contributed by atoms with Crippen molar-refractivity contribution < 1.29 is 20.4 Å². The van der Waals surface area contributed by atoms with Crippen molar-refractivity contribution in [1.29, 1.82) is 0 Å². The smallest absolute Gasteiger partial charge is 0.0558 e. The SMILES string of the molecule is OCCCN(CCCO)CCN(CCO)CCO. The number of nitrogens with zero attached hydrogens (tertiary/aromatic N) is 2. The summed E-state index contributed by atoms with van der Waals surface area (Å²) in [4.78, 5) is 4.19. The Morgan fingerprint density at radius 3 is 1.17 bits per heavy atom. The van der Waals surface area contributed by atoms with Crippen molar-refractivity contribution in [3.05, 3.63) is 0 Å². The molecule has 0 bridgehead atoms. The van der Waals surface area contributed by atoms with Crippen LogP contribution in [0.15, 0.2) is 0 Å². The third kappa shape index (κ3) is 9.76. The van der Waals surface area contributed by atoms with Crippen LogP contribution in [0.2, 0.25) is 0 Å². The molecule has 0 aliphatic rings. The average molecular weight is 264 g/mol. The van der Waals surface area contributed by atoms with Gasteiger partial charge in [0.2, 0.25) is 0 Å². The van der Waals surface area contributed by atoms with Crippen LogP contribution >= 0.6 is 0 Å². The number of aliphatic hydroxyl groups is 4. The monoisotopic (exact) mass is 264 g/mol. The number of hydrogen-bond donors (Lipinski definition) is 4. The summed E-state index contributed by atoms with van der Waals surface area (Å²) in [5, 5.41) is 35.5. The van der Waals surface area contributed by atoms with Gasteiger partial charge in [-0.1, -0.05) is 0 Å². The molecule has 0 radical (unpaired) electrons. The summed E-state index contributed by atoms with van der Waals surface area (Å²) in [6.07, 6.45) is 1.46. The van der Waals surface area contributed by atoms with E-state index >= 15 is 0 Å². The van der Waals surface area contributed by atoms with Crippen LogP contribution in [0, 0.1) is 0 Å². The minimum atomic E-state index is 0.0906. The predicted molar refractivity (Wildman–Crippen MR) is 70.5 cm³/mol.